The average Bonchev–Trinajstić information content (AvgIpc) is 3.35. The Morgan fingerprint density at radius 3 is 2.40 bits per heavy atom. The second kappa shape index (κ2) is 10.2. The minimum Gasteiger partial charge on any atom is -0.356 e. The molecule has 11 heteroatoms. The van der Waals surface area contributed by atoms with E-state index in [4.69, 9.17) is 17.2 Å². The topological polar surface area (TPSA) is 84.8 Å². The Morgan fingerprint density at radius 2 is 1.68 bits per heavy atom. The monoisotopic (exact) mass is 572 g/mol. The number of carbonyl (C=O) groups excluding carboxylic acids is 1. The van der Waals surface area contributed by atoms with Crippen LogP contribution < -0.4 is 20.9 Å². The van der Waals surface area contributed by atoms with Gasteiger partial charge in [0, 0.05) is 26.3 Å². The number of thiocarbonyl (C=S) groups is 1. The Hall–Kier alpha value is -3.96. The van der Waals surface area contributed by atoms with Gasteiger partial charge in [-0.25, -0.2) is 9.67 Å². The molecule has 4 aromatic rings. The van der Waals surface area contributed by atoms with Crippen molar-refractivity contribution in [2.45, 2.75) is 33.1 Å². The summed E-state index contributed by atoms with van der Waals surface area (Å²) in [5.41, 5.74) is 2.72. The van der Waals surface area contributed by atoms with Gasteiger partial charge in [0.2, 0.25) is 0 Å². The van der Waals surface area contributed by atoms with E-state index in [-0.39, 0.29) is 26.0 Å². The van der Waals surface area contributed by atoms with Crippen molar-refractivity contribution in [3.63, 3.8) is 0 Å². The zero-order valence-electron chi connectivity index (χ0n) is 22.5. The Morgan fingerprint density at radius 1 is 0.950 bits per heavy atom. The van der Waals surface area contributed by atoms with Gasteiger partial charge in [0.05, 0.1) is 21.8 Å². The molecule has 204 valence electrons. The predicted molar refractivity (Wildman–Crippen MR) is 164 cm³/mol. The summed E-state index contributed by atoms with van der Waals surface area (Å²) in [6, 6.07) is 13.0. The standard InChI is InChI=1S/C29H28N6O3S2/c1-18-12-13-23-30-25(32-14-8-5-9-15-32)21(26(36)33(23)17-18)16-22-27(37)34(29(39)40-22)24-19(2)31(3)35(28(24)38)20-10-6-4-7-11-20/h4,6-7,10-13,16-17H,5,8-9,14-15H2,1-3H3/b22-16+. The zero-order valence-corrected chi connectivity index (χ0v) is 24.1. The van der Waals surface area contributed by atoms with E-state index in [1.165, 1.54) is 14.0 Å². The number of hydrogen-bond donors (Lipinski definition) is 0. The van der Waals surface area contributed by atoms with Crippen molar-refractivity contribution in [2.24, 2.45) is 7.05 Å². The molecule has 9 nitrogen and oxygen atoms in total. The zero-order chi connectivity index (χ0) is 28.1. The third-order valence-electron chi connectivity index (χ3n) is 7.46. The van der Waals surface area contributed by atoms with Crippen LogP contribution in [0.15, 0.2) is 63.2 Å². The first kappa shape index (κ1) is 26.3. The lowest BCUT2D eigenvalue weighted by molar-refractivity contribution is -0.113. The second-order valence-corrected chi connectivity index (χ2v) is 11.7. The number of aryl methyl sites for hydroxylation is 1. The molecule has 0 unspecified atom stereocenters. The number of thioether (sulfide) groups is 1. The highest BCUT2D eigenvalue weighted by atomic mass is 32.2. The summed E-state index contributed by atoms with van der Waals surface area (Å²) in [6.07, 6.45) is 6.51. The third-order valence-corrected chi connectivity index (χ3v) is 8.76. The van der Waals surface area contributed by atoms with Gasteiger partial charge in [-0.1, -0.05) is 48.2 Å². The van der Waals surface area contributed by atoms with E-state index < -0.39 is 5.91 Å². The van der Waals surface area contributed by atoms with Crippen molar-refractivity contribution in [2.75, 3.05) is 22.9 Å². The number of pyridine rings is 1. The van der Waals surface area contributed by atoms with Gasteiger partial charge in [-0.05, 0) is 62.9 Å². The largest absolute Gasteiger partial charge is 0.356 e. The van der Waals surface area contributed by atoms with Crippen LogP contribution in [0, 0.1) is 13.8 Å². The molecule has 0 radical (unpaired) electrons. The molecule has 6 rings (SSSR count). The molecule has 0 bridgehead atoms. The molecule has 1 amide bonds. The highest BCUT2D eigenvalue weighted by Gasteiger charge is 2.38. The lowest BCUT2D eigenvalue weighted by atomic mass is 10.1. The minimum absolute atomic E-state index is 0.206. The molecule has 0 atom stereocenters. The predicted octanol–water partition coefficient (Wildman–Crippen LogP) is 4.20. The molecule has 1 aromatic carbocycles. The fourth-order valence-electron chi connectivity index (χ4n) is 5.32. The van der Waals surface area contributed by atoms with E-state index in [9.17, 15) is 14.4 Å². The Kier molecular flexibility index (Phi) is 6.71. The molecule has 2 saturated heterocycles. The van der Waals surface area contributed by atoms with Crippen LogP contribution in [0.25, 0.3) is 17.4 Å². The van der Waals surface area contributed by atoms with Gasteiger partial charge in [0.25, 0.3) is 17.0 Å². The van der Waals surface area contributed by atoms with Crippen molar-refractivity contribution in [3.8, 4) is 5.69 Å². The van der Waals surface area contributed by atoms with Gasteiger partial charge in [-0.2, -0.15) is 0 Å². The van der Waals surface area contributed by atoms with Gasteiger partial charge in [-0.3, -0.25) is 28.4 Å². The quantitative estimate of drug-likeness (QED) is 0.268. The second-order valence-electron chi connectivity index (χ2n) is 10.1. The van der Waals surface area contributed by atoms with Crippen LogP contribution >= 0.6 is 24.0 Å². The maximum Gasteiger partial charge on any atom is 0.296 e. The van der Waals surface area contributed by atoms with E-state index in [1.54, 1.807) is 30.9 Å². The van der Waals surface area contributed by atoms with Gasteiger partial charge >= 0.3 is 0 Å². The van der Waals surface area contributed by atoms with Gasteiger partial charge in [0.15, 0.2) is 4.32 Å². The number of benzene rings is 1. The molecule has 0 N–H and O–H groups in total. The van der Waals surface area contributed by atoms with Crippen molar-refractivity contribution >= 4 is 57.4 Å². The summed E-state index contributed by atoms with van der Waals surface area (Å²) in [4.78, 5) is 49.9. The summed E-state index contributed by atoms with van der Waals surface area (Å²) in [7, 11) is 1.77. The van der Waals surface area contributed by atoms with E-state index in [2.05, 4.69) is 4.90 Å². The van der Waals surface area contributed by atoms with Crippen LogP contribution in [-0.2, 0) is 11.8 Å². The molecule has 0 aliphatic carbocycles. The number of carbonyl (C=O) groups is 1. The normalized spacial score (nSPS) is 17.0. The van der Waals surface area contributed by atoms with Crippen LogP contribution in [0.5, 0.6) is 0 Å². The van der Waals surface area contributed by atoms with Crippen LogP contribution in [0.4, 0.5) is 11.5 Å². The van der Waals surface area contributed by atoms with Crippen LogP contribution in [0.2, 0.25) is 0 Å². The van der Waals surface area contributed by atoms with E-state index in [1.807, 2.05) is 49.4 Å². The summed E-state index contributed by atoms with van der Waals surface area (Å²) in [6.45, 7) is 5.28. The van der Waals surface area contributed by atoms with Crippen molar-refractivity contribution in [1.82, 2.24) is 18.7 Å². The summed E-state index contributed by atoms with van der Waals surface area (Å²) in [5.74, 6) is 0.139. The maximum absolute atomic E-state index is 13.8. The molecule has 2 aliphatic heterocycles. The number of hydrogen-bond acceptors (Lipinski definition) is 7. The molecule has 3 aromatic heterocycles. The summed E-state index contributed by atoms with van der Waals surface area (Å²) < 4.78 is 5.00. The Bertz CT molecular complexity index is 1830. The third kappa shape index (κ3) is 4.29. The Balaban J connectivity index is 1.48. The van der Waals surface area contributed by atoms with Crippen LogP contribution in [0.1, 0.15) is 36.1 Å². The first-order valence-corrected chi connectivity index (χ1v) is 14.4. The number of para-hydroxylation sites is 1. The van der Waals surface area contributed by atoms with Crippen molar-refractivity contribution < 1.29 is 4.79 Å². The molecule has 2 fully saturated rings. The average molecular weight is 573 g/mol. The molecule has 2 aliphatic rings. The molecule has 0 saturated carbocycles. The lowest BCUT2D eigenvalue weighted by Gasteiger charge is -2.29. The van der Waals surface area contributed by atoms with Gasteiger partial charge in [-0.15, -0.1) is 0 Å². The first-order chi connectivity index (χ1) is 19.3. The lowest BCUT2D eigenvalue weighted by Crippen LogP contribution is -2.34. The number of anilines is 2. The number of fused-ring (bicyclic) bond motifs is 1. The van der Waals surface area contributed by atoms with E-state index >= 15 is 0 Å². The fraction of sp³-hybridized carbons (Fsp3) is 0.276. The minimum atomic E-state index is -0.431. The highest BCUT2D eigenvalue weighted by molar-refractivity contribution is 8.27. The number of rotatable bonds is 4. The van der Waals surface area contributed by atoms with Crippen molar-refractivity contribution in [3.05, 3.63) is 91.1 Å². The summed E-state index contributed by atoms with van der Waals surface area (Å²) in [5, 5.41) is 0. The molecule has 5 heterocycles. The van der Waals surface area contributed by atoms with Gasteiger partial charge in [0.1, 0.15) is 17.2 Å². The van der Waals surface area contributed by atoms with Crippen molar-refractivity contribution in [1.29, 1.82) is 0 Å². The van der Waals surface area contributed by atoms with Crippen LogP contribution in [0.3, 0.4) is 0 Å². The number of amides is 1. The molecular weight excluding hydrogens is 544 g/mol. The van der Waals surface area contributed by atoms with Crippen LogP contribution in [-0.4, -0.2) is 42.1 Å². The van der Waals surface area contributed by atoms with Gasteiger partial charge < -0.3 is 4.90 Å². The Labute approximate surface area is 240 Å². The molecular formula is C29H28N6O3S2. The molecule has 40 heavy (non-hydrogen) atoms. The fourth-order valence-corrected chi connectivity index (χ4v) is 6.58. The number of aromatic nitrogens is 4. The molecule has 0 spiro atoms. The number of piperidine rings is 1. The highest BCUT2D eigenvalue weighted by Crippen LogP contribution is 2.37. The van der Waals surface area contributed by atoms with E-state index in [0.717, 1.165) is 49.7 Å². The summed E-state index contributed by atoms with van der Waals surface area (Å²) >= 11 is 6.72. The number of nitrogens with zero attached hydrogens (tertiary/aromatic N) is 6. The van der Waals surface area contributed by atoms with E-state index in [0.29, 0.717) is 28.4 Å². The first-order valence-electron chi connectivity index (χ1n) is 13.2. The maximum atomic E-state index is 13.8. The smallest absolute Gasteiger partial charge is 0.296 e. The SMILES string of the molecule is Cc1ccc2nc(N3CCCCC3)c(/C=C3/SC(=S)N(c4c(C)n(C)n(-c5ccccc5)c4=O)C3=O)c(=O)n2c1.